The Bertz CT molecular complexity index is 1160. The van der Waals surface area contributed by atoms with E-state index in [0.29, 0.717) is 12.1 Å². The number of H-pyrrole nitrogens is 1. The average Bonchev–Trinajstić information content (AvgIpc) is 3.24. The number of aliphatic hydroxyl groups is 1. The fourth-order valence-electron chi connectivity index (χ4n) is 4.04. The van der Waals surface area contributed by atoms with Crippen LogP contribution in [0.1, 0.15) is 41.6 Å². The summed E-state index contributed by atoms with van der Waals surface area (Å²) in [5, 5.41) is 12.1. The molecule has 1 fully saturated rings. The third-order valence-corrected chi connectivity index (χ3v) is 5.70. The van der Waals surface area contributed by atoms with Gasteiger partial charge in [0.2, 0.25) is 0 Å². The monoisotopic (exact) mass is 388 g/mol. The van der Waals surface area contributed by atoms with Crippen molar-refractivity contribution in [2.24, 2.45) is 0 Å². The molecule has 3 aromatic rings. The van der Waals surface area contributed by atoms with E-state index in [1.807, 2.05) is 63.4 Å². The van der Waals surface area contributed by atoms with Crippen LogP contribution in [0.25, 0.3) is 16.7 Å². The predicted octanol–water partition coefficient (Wildman–Crippen LogP) is 4.62. The van der Waals surface area contributed by atoms with Crippen molar-refractivity contribution in [1.82, 2.24) is 9.88 Å². The van der Waals surface area contributed by atoms with E-state index in [-0.39, 0.29) is 11.3 Å². The fourth-order valence-corrected chi connectivity index (χ4v) is 4.04. The van der Waals surface area contributed by atoms with Crippen molar-refractivity contribution in [3.8, 4) is 0 Å². The third-order valence-electron chi connectivity index (χ3n) is 5.70. The van der Waals surface area contributed by atoms with Crippen LogP contribution in [0.2, 0.25) is 0 Å². The van der Waals surface area contributed by atoms with Gasteiger partial charge in [-0.1, -0.05) is 37.3 Å². The van der Waals surface area contributed by atoms with Gasteiger partial charge in [0, 0.05) is 34.8 Å². The van der Waals surface area contributed by atoms with Crippen LogP contribution in [0.3, 0.4) is 0 Å². The molecule has 1 amide bonds. The number of fused-ring (bicyclic) bond motifs is 1. The van der Waals surface area contributed by atoms with E-state index < -0.39 is 17.7 Å². The van der Waals surface area contributed by atoms with Crippen molar-refractivity contribution >= 4 is 28.4 Å². The number of carbonyl (C=O) groups is 2. The minimum absolute atomic E-state index is 0.125. The summed E-state index contributed by atoms with van der Waals surface area (Å²) < 4.78 is 0. The number of aryl methyl sites for hydroxylation is 2. The van der Waals surface area contributed by atoms with Crippen LogP contribution in [0.4, 0.5) is 0 Å². The zero-order chi connectivity index (χ0) is 20.7. The Kier molecular flexibility index (Phi) is 4.74. The number of rotatable bonds is 4. The fraction of sp³-hybridized carbons (Fsp3) is 0.250. The molecule has 1 aliphatic rings. The number of aromatic nitrogens is 1. The largest absolute Gasteiger partial charge is 0.507 e. The van der Waals surface area contributed by atoms with Gasteiger partial charge in [-0.15, -0.1) is 0 Å². The standard InChI is InChI=1S/C24H24N2O3/c1-4-11-26-21(18-13-25-19-8-6-5-7-17(18)19)20(23(28)24(26)29)22(27)16-10-9-14(2)15(3)12-16/h5-10,12-13,21,25,27H,4,11H2,1-3H3/b22-20+. The minimum Gasteiger partial charge on any atom is -0.507 e. The molecule has 1 atom stereocenters. The van der Waals surface area contributed by atoms with Gasteiger partial charge in [0.05, 0.1) is 11.6 Å². The maximum Gasteiger partial charge on any atom is 0.295 e. The number of hydrogen-bond acceptors (Lipinski definition) is 3. The second kappa shape index (κ2) is 7.24. The van der Waals surface area contributed by atoms with E-state index in [9.17, 15) is 14.7 Å². The van der Waals surface area contributed by atoms with Crippen molar-refractivity contribution in [2.45, 2.75) is 33.2 Å². The molecule has 2 N–H and O–H groups in total. The highest BCUT2D eigenvalue weighted by atomic mass is 16.3. The molecular weight excluding hydrogens is 364 g/mol. The van der Waals surface area contributed by atoms with Gasteiger partial charge in [-0.05, 0) is 43.5 Å². The first-order chi connectivity index (χ1) is 13.9. The highest BCUT2D eigenvalue weighted by Gasteiger charge is 2.46. The molecule has 29 heavy (non-hydrogen) atoms. The van der Waals surface area contributed by atoms with Crippen molar-refractivity contribution in [2.75, 3.05) is 6.54 Å². The Morgan fingerprint density at radius 2 is 1.86 bits per heavy atom. The lowest BCUT2D eigenvalue weighted by Crippen LogP contribution is -2.30. The number of carbonyl (C=O) groups excluding carboxylic acids is 2. The smallest absolute Gasteiger partial charge is 0.295 e. The van der Waals surface area contributed by atoms with Gasteiger partial charge in [-0.25, -0.2) is 0 Å². The number of aromatic amines is 1. The molecular formula is C24H24N2O3. The van der Waals surface area contributed by atoms with Gasteiger partial charge >= 0.3 is 0 Å². The highest BCUT2D eigenvalue weighted by molar-refractivity contribution is 6.46. The number of likely N-dealkylation sites (tertiary alicyclic amines) is 1. The van der Waals surface area contributed by atoms with E-state index in [0.717, 1.165) is 34.0 Å². The molecule has 5 nitrogen and oxygen atoms in total. The van der Waals surface area contributed by atoms with Crippen LogP contribution >= 0.6 is 0 Å². The second-order valence-corrected chi connectivity index (χ2v) is 7.58. The van der Waals surface area contributed by atoms with Gasteiger partial charge in [0.15, 0.2) is 0 Å². The van der Waals surface area contributed by atoms with Gasteiger partial charge in [-0.2, -0.15) is 0 Å². The number of Topliss-reactive ketones (excluding diaryl/α,β-unsaturated/α-hetero) is 1. The first kappa shape index (κ1) is 19.0. The van der Waals surface area contributed by atoms with E-state index in [2.05, 4.69) is 4.98 Å². The quantitative estimate of drug-likeness (QED) is 0.389. The summed E-state index contributed by atoms with van der Waals surface area (Å²) >= 11 is 0. The van der Waals surface area contributed by atoms with Crippen LogP contribution in [0.5, 0.6) is 0 Å². The average molecular weight is 388 g/mol. The van der Waals surface area contributed by atoms with Crippen molar-refractivity contribution < 1.29 is 14.7 Å². The molecule has 1 aliphatic heterocycles. The topological polar surface area (TPSA) is 73.4 Å². The molecule has 2 heterocycles. The summed E-state index contributed by atoms with van der Waals surface area (Å²) in [7, 11) is 0. The second-order valence-electron chi connectivity index (χ2n) is 7.58. The maximum absolute atomic E-state index is 13.0. The van der Waals surface area contributed by atoms with Crippen LogP contribution in [0.15, 0.2) is 54.2 Å². The Morgan fingerprint density at radius 1 is 1.10 bits per heavy atom. The van der Waals surface area contributed by atoms with E-state index >= 15 is 0 Å². The molecule has 1 aromatic heterocycles. The van der Waals surface area contributed by atoms with Crippen LogP contribution in [-0.4, -0.2) is 33.2 Å². The Hall–Kier alpha value is -3.34. The lowest BCUT2D eigenvalue weighted by molar-refractivity contribution is -0.139. The molecule has 148 valence electrons. The number of benzene rings is 2. The van der Waals surface area contributed by atoms with Gasteiger partial charge < -0.3 is 15.0 Å². The SMILES string of the molecule is CCCN1C(=O)C(=O)/C(=C(/O)c2ccc(C)c(C)c2)C1c1c[nH]c2ccccc12. The molecule has 2 aromatic carbocycles. The maximum atomic E-state index is 13.0. The molecule has 0 bridgehead atoms. The van der Waals surface area contributed by atoms with Crippen LogP contribution in [0, 0.1) is 13.8 Å². The molecule has 0 saturated carbocycles. The Labute approximate surface area is 169 Å². The first-order valence-corrected chi connectivity index (χ1v) is 9.86. The molecule has 1 unspecified atom stereocenters. The van der Waals surface area contributed by atoms with E-state index in [1.54, 1.807) is 11.0 Å². The summed E-state index contributed by atoms with van der Waals surface area (Å²) in [5.74, 6) is -1.32. The normalized spacial score (nSPS) is 18.7. The lowest BCUT2D eigenvalue weighted by atomic mass is 9.94. The first-order valence-electron chi connectivity index (χ1n) is 9.86. The number of hydrogen-bond donors (Lipinski definition) is 2. The third kappa shape index (κ3) is 3.03. The molecule has 4 rings (SSSR count). The lowest BCUT2D eigenvalue weighted by Gasteiger charge is -2.24. The number of nitrogens with one attached hydrogen (secondary N) is 1. The Morgan fingerprint density at radius 3 is 2.59 bits per heavy atom. The summed E-state index contributed by atoms with van der Waals surface area (Å²) in [6, 6.07) is 12.7. The van der Waals surface area contributed by atoms with Gasteiger partial charge in [0.25, 0.3) is 11.7 Å². The van der Waals surface area contributed by atoms with Crippen LogP contribution < -0.4 is 0 Å². The van der Waals surface area contributed by atoms with Crippen molar-refractivity contribution in [3.05, 3.63) is 76.5 Å². The highest BCUT2D eigenvalue weighted by Crippen LogP contribution is 2.42. The summed E-state index contributed by atoms with van der Waals surface area (Å²) in [6.45, 7) is 6.36. The number of nitrogens with zero attached hydrogens (tertiary/aromatic N) is 1. The molecule has 0 spiro atoms. The zero-order valence-electron chi connectivity index (χ0n) is 16.8. The van der Waals surface area contributed by atoms with Crippen molar-refractivity contribution in [1.29, 1.82) is 0 Å². The molecule has 1 saturated heterocycles. The molecule has 5 heteroatoms. The zero-order valence-corrected chi connectivity index (χ0v) is 16.8. The summed E-state index contributed by atoms with van der Waals surface area (Å²) in [6.07, 6.45) is 2.55. The number of amides is 1. The van der Waals surface area contributed by atoms with Gasteiger partial charge in [-0.3, -0.25) is 9.59 Å². The number of aliphatic hydroxyl groups excluding tert-OH is 1. The minimum atomic E-state index is -0.635. The number of para-hydroxylation sites is 1. The van der Waals surface area contributed by atoms with Gasteiger partial charge in [0.1, 0.15) is 5.76 Å². The summed E-state index contributed by atoms with van der Waals surface area (Å²) in [5.41, 5.74) is 4.56. The molecule has 0 aliphatic carbocycles. The van der Waals surface area contributed by atoms with Crippen LogP contribution in [-0.2, 0) is 9.59 Å². The molecule has 0 radical (unpaired) electrons. The van der Waals surface area contributed by atoms with Crippen molar-refractivity contribution in [3.63, 3.8) is 0 Å². The number of ketones is 1. The van der Waals surface area contributed by atoms with E-state index in [1.165, 1.54) is 0 Å². The van der Waals surface area contributed by atoms with E-state index in [4.69, 9.17) is 0 Å². The Balaban J connectivity index is 1.95. The summed E-state index contributed by atoms with van der Waals surface area (Å²) in [4.78, 5) is 30.6. The predicted molar refractivity (Wildman–Crippen MR) is 114 cm³/mol.